The molecule has 1 saturated carbocycles. The first kappa shape index (κ1) is 19.9. The van der Waals surface area contributed by atoms with Gasteiger partial charge in [0.15, 0.2) is 9.84 Å². The molecule has 0 unspecified atom stereocenters. The van der Waals surface area contributed by atoms with Crippen LogP contribution in [0.3, 0.4) is 0 Å². The Hall–Kier alpha value is -2.38. The molecule has 1 amide bonds. The predicted molar refractivity (Wildman–Crippen MR) is 114 cm³/mol. The molecule has 4 rings (SSSR count). The van der Waals surface area contributed by atoms with E-state index in [0.717, 1.165) is 19.3 Å². The van der Waals surface area contributed by atoms with Gasteiger partial charge in [-0.3, -0.25) is 9.48 Å². The average Bonchev–Trinajstić information content (AvgIpc) is 3.34. The van der Waals surface area contributed by atoms with Crippen molar-refractivity contribution in [2.24, 2.45) is 0 Å². The minimum atomic E-state index is -3.50. The molecule has 0 aliphatic heterocycles. The van der Waals surface area contributed by atoms with Crippen molar-refractivity contribution < 1.29 is 13.2 Å². The number of fused-ring (bicyclic) bond motifs is 1. The summed E-state index contributed by atoms with van der Waals surface area (Å²) >= 11 is 6.13. The van der Waals surface area contributed by atoms with Crippen molar-refractivity contribution >= 4 is 43.9 Å². The molecular formula is C21H22ClN3O3S. The highest BCUT2D eigenvalue weighted by molar-refractivity contribution is 7.91. The number of halogens is 1. The molecule has 0 atom stereocenters. The second-order valence-electron chi connectivity index (χ2n) is 7.65. The fourth-order valence-electron chi connectivity index (χ4n) is 3.62. The van der Waals surface area contributed by atoms with Crippen LogP contribution in [0.15, 0.2) is 47.5 Å². The number of carbonyl (C=O) groups excluding carboxylic acids is 1. The highest BCUT2D eigenvalue weighted by Gasteiger charge is 2.43. The summed E-state index contributed by atoms with van der Waals surface area (Å²) in [5, 5.41) is 8.52. The van der Waals surface area contributed by atoms with E-state index in [0.29, 0.717) is 27.2 Å². The largest absolute Gasteiger partial charge is 0.326 e. The quantitative estimate of drug-likeness (QED) is 0.635. The predicted octanol–water partition coefficient (Wildman–Crippen LogP) is 4.17. The Kier molecular flexibility index (Phi) is 4.91. The summed E-state index contributed by atoms with van der Waals surface area (Å²) in [4.78, 5) is 12.7. The lowest BCUT2D eigenvalue weighted by molar-refractivity contribution is -0.115. The molecule has 1 aromatic heterocycles. The number of aromatic nitrogens is 2. The fourth-order valence-corrected chi connectivity index (χ4v) is 4.72. The third-order valence-electron chi connectivity index (χ3n) is 5.55. The smallest absolute Gasteiger partial charge is 0.228 e. The Morgan fingerprint density at radius 2 is 2.00 bits per heavy atom. The number of carbonyl (C=O) groups is 1. The summed E-state index contributed by atoms with van der Waals surface area (Å²) in [6, 6.07) is 10.3. The average molecular weight is 432 g/mol. The molecular weight excluding hydrogens is 410 g/mol. The van der Waals surface area contributed by atoms with E-state index in [1.54, 1.807) is 24.3 Å². The van der Waals surface area contributed by atoms with Crippen LogP contribution in [0.5, 0.6) is 0 Å². The van der Waals surface area contributed by atoms with E-state index >= 15 is 0 Å². The van der Waals surface area contributed by atoms with Gasteiger partial charge in [-0.05, 0) is 43.0 Å². The lowest BCUT2D eigenvalue weighted by Crippen LogP contribution is -2.16. The molecule has 1 fully saturated rings. The zero-order valence-corrected chi connectivity index (χ0v) is 17.8. The third-order valence-corrected chi connectivity index (χ3v) is 7.06. The monoisotopic (exact) mass is 431 g/mol. The number of nitrogens with one attached hydrogen (secondary N) is 1. The summed E-state index contributed by atoms with van der Waals surface area (Å²) in [7, 11) is -3.50. The second kappa shape index (κ2) is 7.15. The molecule has 1 N–H and O–H groups in total. The van der Waals surface area contributed by atoms with Gasteiger partial charge in [0, 0.05) is 28.5 Å². The minimum Gasteiger partial charge on any atom is -0.326 e. The van der Waals surface area contributed by atoms with Gasteiger partial charge in [-0.2, -0.15) is 5.10 Å². The molecule has 0 radical (unpaired) electrons. The van der Waals surface area contributed by atoms with Gasteiger partial charge >= 0.3 is 0 Å². The van der Waals surface area contributed by atoms with E-state index in [2.05, 4.69) is 17.3 Å². The lowest BCUT2D eigenvalue weighted by Gasteiger charge is -2.12. The van der Waals surface area contributed by atoms with Crippen molar-refractivity contribution in [3.63, 3.8) is 0 Å². The van der Waals surface area contributed by atoms with Crippen LogP contribution in [0.2, 0.25) is 5.02 Å². The maximum absolute atomic E-state index is 12.5. The Bertz CT molecular complexity index is 1210. The number of benzene rings is 2. The van der Waals surface area contributed by atoms with Gasteiger partial charge < -0.3 is 5.32 Å². The van der Waals surface area contributed by atoms with Gasteiger partial charge in [0.1, 0.15) is 0 Å². The van der Waals surface area contributed by atoms with E-state index in [4.69, 9.17) is 11.6 Å². The van der Waals surface area contributed by atoms with Crippen LogP contribution in [0, 0.1) is 0 Å². The van der Waals surface area contributed by atoms with Crippen LogP contribution in [0.1, 0.15) is 31.7 Å². The van der Waals surface area contributed by atoms with Crippen LogP contribution in [-0.4, -0.2) is 30.4 Å². The number of rotatable bonds is 6. The highest BCUT2D eigenvalue weighted by Crippen LogP contribution is 2.46. The Morgan fingerprint density at radius 3 is 2.62 bits per heavy atom. The van der Waals surface area contributed by atoms with Crippen LogP contribution in [0.25, 0.3) is 10.9 Å². The maximum atomic E-state index is 12.5. The van der Waals surface area contributed by atoms with Crippen molar-refractivity contribution in [2.75, 3.05) is 11.6 Å². The number of nitrogens with zero attached hydrogens (tertiary/aromatic N) is 2. The Labute approximate surface area is 174 Å². The Morgan fingerprint density at radius 1 is 1.28 bits per heavy atom. The molecule has 1 aliphatic rings. The standard InChI is InChI=1S/C21H22ClN3O3S/c1-3-21(8-9-21)25-13-16-18(24-25)11-15(12-19(16)29(2,27)28)23-20(26)10-14-6-4-5-7-17(14)22/h4-7,11-13H,3,8-10H2,1-2H3,(H,23,26). The second-order valence-corrected chi connectivity index (χ2v) is 10.0. The van der Waals surface area contributed by atoms with Gasteiger partial charge in [0.05, 0.1) is 22.4 Å². The van der Waals surface area contributed by atoms with Gasteiger partial charge in [0.25, 0.3) is 0 Å². The molecule has 0 saturated heterocycles. The molecule has 6 nitrogen and oxygen atoms in total. The molecule has 1 heterocycles. The molecule has 1 aliphatic carbocycles. The van der Waals surface area contributed by atoms with Crippen molar-refractivity contribution in [1.82, 2.24) is 9.78 Å². The fraction of sp³-hybridized carbons (Fsp3) is 0.333. The molecule has 2 aromatic carbocycles. The summed E-state index contributed by atoms with van der Waals surface area (Å²) in [6.45, 7) is 2.11. The topological polar surface area (TPSA) is 81.1 Å². The summed E-state index contributed by atoms with van der Waals surface area (Å²) < 4.78 is 26.7. The summed E-state index contributed by atoms with van der Waals surface area (Å²) in [5.41, 5.74) is 1.66. The molecule has 3 aromatic rings. The molecule has 0 spiro atoms. The first-order valence-corrected chi connectivity index (χ1v) is 11.8. The summed E-state index contributed by atoms with van der Waals surface area (Å²) in [5.74, 6) is -0.274. The van der Waals surface area contributed by atoms with Crippen LogP contribution in [0.4, 0.5) is 5.69 Å². The van der Waals surface area contributed by atoms with Gasteiger partial charge in [0.2, 0.25) is 5.91 Å². The normalized spacial score (nSPS) is 15.4. The minimum absolute atomic E-state index is 0.0126. The zero-order chi connectivity index (χ0) is 20.8. The number of sulfone groups is 1. The first-order chi connectivity index (χ1) is 13.7. The molecule has 152 valence electrons. The van der Waals surface area contributed by atoms with Crippen molar-refractivity contribution in [2.45, 2.75) is 43.0 Å². The van der Waals surface area contributed by atoms with E-state index < -0.39 is 9.84 Å². The van der Waals surface area contributed by atoms with E-state index in [1.165, 1.54) is 12.3 Å². The number of amides is 1. The van der Waals surface area contributed by atoms with E-state index in [1.807, 2.05) is 16.9 Å². The van der Waals surface area contributed by atoms with Crippen LogP contribution < -0.4 is 5.32 Å². The molecule has 8 heteroatoms. The van der Waals surface area contributed by atoms with Crippen LogP contribution in [-0.2, 0) is 26.6 Å². The molecule has 0 bridgehead atoms. The number of anilines is 1. The SMILES string of the molecule is CCC1(n2cc3c(S(C)(=O)=O)cc(NC(=O)Cc4ccccc4Cl)cc3n2)CC1. The third kappa shape index (κ3) is 3.89. The lowest BCUT2D eigenvalue weighted by atomic mass is 10.1. The summed E-state index contributed by atoms with van der Waals surface area (Å²) in [6.07, 6.45) is 6.09. The van der Waals surface area contributed by atoms with Crippen LogP contribution >= 0.6 is 11.6 Å². The van der Waals surface area contributed by atoms with Gasteiger partial charge in [-0.25, -0.2) is 8.42 Å². The molecule has 29 heavy (non-hydrogen) atoms. The number of hydrogen-bond acceptors (Lipinski definition) is 4. The van der Waals surface area contributed by atoms with Crippen molar-refractivity contribution in [3.8, 4) is 0 Å². The van der Waals surface area contributed by atoms with Crippen molar-refractivity contribution in [3.05, 3.63) is 53.2 Å². The first-order valence-electron chi connectivity index (χ1n) is 9.49. The Balaban J connectivity index is 1.69. The zero-order valence-electron chi connectivity index (χ0n) is 16.3. The number of hydrogen-bond donors (Lipinski definition) is 1. The van der Waals surface area contributed by atoms with Gasteiger partial charge in [-0.1, -0.05) is 36.7 Å². The van der Waals surface area contributed by atoms with Gasteiger partial charge in [-0.15, -0.1) is 0 Å². The van der Waals surface area contributed by atoms with E-state index in [9.17, 15) is 13.2 Å². The highest BCUT2D eigenvalue weighted by atomic mass is 35.5. The van der Waals surface area contributed by atoms with Crippen molar-refractivity contribution in [1.29, 1.82) is 0 Å². The maximum Gasteiger partial charge on any atom is 0.228 e. The van der Waals surface area contributed by atoms with E-state index in [-0.39, 0.29) is 22.8 Å².